The van der Waals surface area contributed by atoms with E-state index in [0.717, 1.165) is 23.4 Å². The van der Waals surface area contributed by atoms with Gasteiger partial charge in [-0.25, -0.2) is 0 Å². The molecule has 0 atom stereocenters. The molecular weight excluding hydrogens is 138 g/mol. The fourth-order valence-corrected chi connectivity index (χ4v) is 1.32. The van der Waals surface area contributed by atoms with Gasteiger partial charge in [-0.1, -0.05) is 6.92 Å². The number of rotatable bonds is 1. The Morgan fingerprint density at radius 1 is 1.45 bits per heavy atom. The normalized spacial score (nSPS) is 10.1. The molecule has 1 aromatic heterocycles. The van der Waals surface area contributed by atoms with E-state index in [4.69, 9.17) is 0 Å². The molecule has 11 heavy (non-hydrogen) atoms. The van der Waals surface area contributed by atoms with Crippen LogP contribution < -0.4 is 5.43 Å². The van der Waals surface area contributed by atoms with Gasteiger partial charge in [0.05, 0.1) is 0 Å². The minimum Gasteiger partial charge on any atom is -0.362 e. The first-order valence-electron chi connectivity index (χ1n) is 3.84. The zero-order valence-corrected chi connectivity index (χ0v) is 7.19. The maximum Gasteiger partial charge on any atom is 0.185 e. The predicted octanol–water partition coefficient (Wildman–Crippen LogP) is 1.55. The number of aryl methyl sites for hydroxylation is 2. The van der Waals surface area contributed by atoms with Crippen molar-refractivity contribution < 1.29 is 0 Å². The summed E-state index contributed by atoms with van der Waals surface area (Å²) in [6, 6.07) is 1.64. The average molecular weight is 151 g/mol. The first-order valence-corrected chi connectivity index (χ1v) is 3.84. The van der Waals surface area contributed by atoms with E-state index in [1.807, 2.05) is 20.8 Å². The molecule has 0 amide bonds. The number of nitrogens with one attached hydrogen (secondary N) is 1. The summed E-state index contributed by atoms with van der Waals surface area (Å²) < 4.78 is 0. The Labute approximate surface area is 66.3 Å². The van der Waals surface area contributed by atoms with Crippen LogP contribution in [0, 0.1) is 13.8 Å². The molecule has 1 rings (SSSR count). The monoisotopic (exact) mass is 151 g/mol. The van der Waals surface area contributed by atoms with Crippen LogP contribution in [0.2, 0.25) is 0 Å². The lowest BCUT2D eigenvalue weighted by Gasteiger charge is -2.02. The third-order valence-electron chi connectivity index (χ3n) is 1.84. The van der Waals surface area contributed by atoms with Crippen LogP contribution >= 0.6 is 0 Å². The van der Waals surface area contributed by atoms with Crippen LogP contribution in [0.5, 0.6) is 0 Å². The molecule has 0 aliphatic carbocycles. The van der Waals surface area contributed by atoms with Crippen molar-refractivity contribution in [1.29, 1.82) is 0 Å². The molecule has 0 saturated carbocycles. The van der Waals surface area contributed by atoms with Gasteiger partial charge in [-0.15, -0.1) is 0 Å². The molecule has 0 saturated heterocycles. The topological polar surface area (TPSA) is 32.9 Å². The Morgan fingerprint density at radius 3 is 2.55 bits per heavy atom. The lowest BCUT2D eigenvalue weighted by Crippen LogP contribution is -2.11. The lowest BCUT2D eigenvalue weighted by atomic mass is 10.1. The Hall–Kier alpha value is -1.05. The van der Waals surface area contributed by atoms with Crippen molar-refractivity contribution >= 4 is 0 Å². The van der Waals surface area contributed by atoms with Gasteiger partial charge < -0.3 is 4.98 Å². The van der Waals surface area contributed by atoms with Crippen LogP contribution in [0.25, 0.3) is 0 Å². The van der Waals surface area contributed by atoms with E-state index in [0.29, 0.717) is 0 Å². The molecule has 60 valence electrons. The van der Waals surface area contributed by atoms with Gasteiger partial charge in [0, 0.05) is 23.0 Å². The van der Waals surface area contributed by atoms with E-state index in [9.17, 15) is 4.79 Å². The maximum absolute atomic E-state index is 11.3. The van der Waals surface area contributed by atoms with Gasteiger partial charge in [0.2, 0.25) is 0 Å². The van der Waals surface area contributed by atoms with Crippen molar-refractivity contribution in [2.45, 2.75) is 27.2 Å². The lowest BCUT2D eigenvalue weighted by molar-refractivity contribution is 1.00. The summed E-state index contributed by atoms with van der Waals surface area (Å²) in [6.07, 6.45) is 0.807. The van der Waals surface area contributed by atoms with Crippen LogP contribution in [-0.4, -0.2) is 4.98 Å². The molecule has 0 aromatic carbocycles. The van der Waals surface area contributed by atoms with Crippen LogP contribution in [0.1, 0.15) is 23.9 Å². The van der Waals surface area contributed by atoms with E-state index in [2.05, 4.69) is 4.98 Å². The molecule has 0 radical (unpaired) electrons. The quantitative estimate of drug-likeness (QED) is 0.649. The van der Waals surface area contributed by atoms with Crippen molar-refractivity contribution in [3.05, 3.63) is 33.2 Å². The average Bonchev–Trinajstić information content (AvgIpc) is 1.85. The second-order valence-corrected chi connectivity index (χ2v) is 2.77. The maximum atomic E-state index is 11.3. The van der Waals surface area contributed by atoms with Crippen LogP contribution in [0.4, 0.5) is 0 Å². The highest BCUT2D eigenvalue weighted by Gasteiger charge is 2.00. The number of aromatic nitrogens is 1. The van der Waals surface area contributed by atoms with Gasteiger partial charge in [-0.05, 0) is 20.3 Å². The molecule has 2 heteroatoms. The number of hydrogen-bond acceptors (Lipinski definition) is 1. The van der Waals surface area contributed by atoms with Gasteiger partial charge >= 0.3 is 0 Å². The summed E-state index contributed by atoms with van der Waals surface area (Å²) in [4.78, 5) is 14.4. The van der Waals surface area contributed by atoms with Crippen molar-refractivity contribution in [2.75, 3.05) is 0 Å². The zero-order valence-electron chi connectivity index (χ0n) is 7.19. The van der Waals surface area contributed by atoms with Crippen LogP contribution in [0.3, 0.4) is 0 Å². The SMILES string of the molecule is CCc1c(C)[nH]c(C)cc1=O. The van der Waals surface area contributed by atoms with Gasteiger partial charge in [-0.2, -0.15) is 0 Å². The molecule has 1 N–H and O–H groups in total. The number of pyridine rings is 1. The summed E-state index contributed by atoms with van der Waals surface area (Å²) in [6.45, 7) is 5.83. The van der Waals surface area contributed by atoms with E-state index in [1.54, 1.807) is 6.07 Å². The Balaban J connectivity index is 3.37. The Morgan fingerprint density at radius 2 is 2.09 bits per heavy atom. The van der Waals surface area contributed by atoms with Gasteiger partial charge in [0.25, 0.3) is 0 Å². The molecule has 0 bridgehead atoms. The van der Waals surface area contributed by atoms with Crippen molar-refractivity contribution in [1.82, 2.24) is 4.98 Å². The zero-order chi connectivity index (χ0) is 8.43. The van der Waals surface area contributed by atoms with Crippen molar-refractivity contribution in [2.24, 2.45) is 0 Å². The summed E-state index contributed by atoms with van der Waals surface area (Å²) in [5, 5.41) is 0. The number of aromatic amines is 1. The van der Waals surface area contributed by atoms with E-state index >= 15 is 0 Å². The fourth-order valence-electron chi connectivity index (χ4n) is 1.32. The molecule has 2 nitrogen and oxygen atoms in total. The summed E-state index contributed by atoms with van der Waals surface area (Å²) >= 11 is 0. The van der Waals surface area contributed by atoms with Crippen molar-refractivity contribution in [3.8, 4) is 0 Å². The first kappa shape index (κ1) is 8.05. The molecule has 0 spiro atoms. The highest BCUT2D eigenvalue weighted by atomic mass is 16.1. The fraction of sp³-hybridized carbons (Fsp3) is 0.444. The molecule has 1 heterocycles. The van der Waals surface area contributed by atoms with E-state index in [1.165, 1.54) is 0 Å². The van der Waals surface area contributed by atoms with E-state index in [-0.39, 0.29) is 5.43 Å². The number of hydrogen-bond donors (Lipinski definition) is 1. The third-order valence-corrected chi connectivity index (χ3v) is 1.84. The summed E-state index contributed by atoms with van der Waals surface area (Å²) in [5.41, 5.74) is 2.99. The Kier molecular flexibility index (Phi) is 2.13. The Bertz CT molecular complexity index is 312. The second kappa shape index (κ2) is 2.91. The predicted molar refractivity (Wildman–Crippen MR) is 45.9 cm³/mol. The smallest absolute Gasteiger partial charge is 0.185 e. The largest absolute Gasteiger partial charge is 0.362 e. The summed E-state index contributed by atoms with van der Waals surface area (Å²) in [5.74, 6) is 0. The number of H-pyrrole nitrogens is 1. The van der Waals surface area contributed by atoms with Crippen molar-refractivity contribution in [3.63, 3.8) is 0 Å². The van der Waals surface area contributed by atoms with Crippen LogP contribution in [-0.2, 0) is 6.42 Å². The molecule has 0 fully saturated rings. The summed E-state index contributed by atoms with van der Waals surface area (Å²) in [7, 11) is 0. The highest BCUT2D eigenvalue weighted by molar-refractivity contribution is 5.21. The molecule has 0 aliphatic rings. The van der Waals surface area contributed by atoms with E-state index < -0.39 is 0 Å². The minimum atomic E-state index is 0.154. The molecule has 1 aromatic rings. The highest BCUT2D eigenvalue weighted by Crippen LogP contribution is 2.00. The van der Waals surface area contributed by atoms with Crippen LogP contribution in [0.15, 0.2) is 10.9 Å². The van der Waals surface area contributed by atoms with Gasteiger partial charge in [-0.3, -0.25) is 4.79 Å². The third kappa shape index (κ3) is 1.50. The first-order chi connectivity index (χ1) is 5.15. The standard InChI is InChI=1S/C9H13NO/c1-4-8-7(3)10-6(2)5-9(8)11/h5H,4H2,1-3H3,(H,10,11). The molecule has 0 aliphatic heterocycles. The molecular formula is C9H13NO. The molecule has 0 unspecified atom stereocenters. The van der Waals surface area contributed by atoms with Gasteiger partial charge in [0.15, 0.2) is 5.43 Å². The second-order valence-electron chi connectivity index (χ2n) is 2.77. The minimum absolute atomic E-state index is 0.154. The van der Waals surface area contributed by atoms with Gasteiger partial charge in [0.1, 0.15) is 0 Å².